The standard InChI is InChI=1S/C15H26N2O2/c1-11-12(2)15(19-4)6-5-13(11)7-8-17(3)9-14(16)10-18/h5-6,14,18H,7-10,16H2,1-4H3. The van der Waals surface area contributed by atoms with Crippen LogP contribution in [0.4, 0.5) is 0 Å². The minimum absolute atomic E-state index is 0.0327. The molecule has 0 radical (unpaired) electrons. The summed E-state index contributed by atoms with van der Waals surface area (Å²) in [6, 6.07) is 3.99. The fraction of sp³-hybridized carbons (Fsp3) is 0.600. The molecule has 1 unspecified atom stereocenters. The van der Waals surface area contributed by atoms with Crippen LogP contribution in [0.1, 0.15) is 16.7 Å². The fourth-order valence-corrected chi connectivity index (χ4v) is 2.20. The monoisotopic (exact) mass is 266 g/mol. The van der Waals surface area contributed by atoms with Crippen LogP contribution in [0.25, 0.3) is 0 Å². The molecule has 1 aromatic rings. The predicted molar refractivity (Wildman–Crippen MR) is 78.7 cm³/mol. The van der Waals surface area contributed by atoms with Gasteiger partial charge in [-0.15, -0.1) is 0 Å². The Kier molecular flexibility index (Phi) is 6.28. The molecule has 4 heteroatoms. The number of ether oxygens (including phenoxy) is 1. The lowest BCUT2D eigenvalue weighted by Gasteiger charge is -2.21. The highest BCUT2D eigenvalue weighted by molar-refractivity contribution is 5.43. The van der Waals surface area contributed by atoms with Crippen LogP contribution >= 0.6 is 0 Å². The summed E-state index contributed by atoms with van der Waals surface area (Å²) in [4.78, 5) is 2.15. The van der Waals surface area contributed by atoms with Crippen LogP contribution in [0.5, 0.6) is 5.75 Å². The first-order chi connectivity index (χ1) is 8.99. The summed E-state index contributed by atoms with van der Waals surface area (Å²) in [6.07, 6.45) is 0.977. The average molecular weight is 266 g/mol. The normalized spacial score (nSPS) is 12.8. The van der Waals surface area contributed by atoms with Crippen molar-refractivity contribution in [3.8, 4) is 5.75 Å². The molecule has 19 heavy (non-hydrogen) atoms. The Labute approximate surface area is 116 Å². The second-order valence-electron chi connectivity index (χ2n) is 5.13. The maximum atomic E-state index is 8.94. The summed E-state index contributed by atoms with van der Waals surface area (Å²) in [7, 11) is 3.73. The number of benzene rings is 1. The van der Waals surface area contributed by atoms with Crippen molar-refractivity contribution in [1.82, 2.24) is 4.90 Å². The lowest BCUT2D eigenvalue weighted by molar-refractivity contribution is 0.222. The van der Waals surface area contributed by atoms with Crippen LogP contribution in [-0.2, 0) is 6.42 Å². The van der Waals surface area contributed by atoms with Crippen LogP contribution in [-0.4, -0.2) is 49.9 Å². The number of hydrogen-bond acceptors (Lipinski definition) is 4. The summed E-state index contributed by atoms with van der Waals surface area (Å²) in [5.41, 5.74) is 9.56. The number of aliphatic hydroxyl groups is 1. The molecule has 0 aliphatic heterocycles. The second-order valence-corrected chi connectivity index (χ2v) is 5.13. The Morgan fingerprint density at radius 3 is 2.58 bits per heavy atom. The third-order valence-corrected chi connectivity index (χ3v) is 3.61. The number of nitrogens with two attached hydrogens (primary N) is 1. The van der Waals surface area contributed by atoms with E-state index in [0.717, 1.165) is 18.7 Å². The number of hydrogen-bond donors (Lipinski definition) is 2. The van der Waals surface area contributed by atoms with Gasteiger partial charge >= 0.3 is 0 Å². The van der Waals surface area contributed by atoms with Gasteiger partial charge in [-0.3, -0.25) is 0 Å². The summed E-state index contributed by atoms with van der Waals surface area (Å²) >= 11 is 0. The molecule has 0 aliphatic carbocycles. The van der Waals surface area contributed by atoms with Gasteiger partial charge in [0.1, 0.15) is 5.75 Å². The number of methoxy groups -OCH3 is 1. The Balaban J connectivity index is 2.61. The molecule has 0 aromatic heterocycles. The number of nitrogens with zero attached hydrogens (tertiary/aromatic N) is 1. The van der Waals surface area contributed by atoms with Crippen molar-refractivity contribution < 1.29 is 9.84 Å². The third-order valence-electron chi connectivity index (χ3n) is 3.61. The van der Waals surface area contributed by atoms with Gasteiger partial charge in [-0.25, -0.2) is 0 Å². The van der Waals surface area contributed by atoms with Gasteiger partial charge in [0.05, 0.1) is 13.7 Å². The van der Waals surface area contributed by atoms with Crippen molar-refractivity contribution in [3.63, 3.8) is 0 Å². The van der Waals surface area contributed by atoms with Crippen LogP contribution in [0.3, 0.4) is 0 Å². The van der Waals surface area contributed by atoms with E-state index in [9.17, 15) is 0 Å². The molecule has 0 fully saturated rings. The van der Waals surface area contributed by atoms with E-state index in [1.54, 1.807) is 7.11 Å². The molecule has 0 heterocycles. The molecule has 0 bridgehead atoms. The van der Waals surface area contributed by atoms with Gasteiger partial charge in [0.15, 0.2) is 0 Å². The van der Waals surface area contributed by atoms with Gasteiger partial charge in [0.25, 0.3) is 0 Å². The van der Waals surface area contributed by atoms with Crippen LogP contribution in [0.2, 0.25) is 0 Å². The van der Waals surface area contributed by atoms with Crippen molar-refractivity contribution in [2.45, 2.75) is 26.3 Å². The average Bonchev–Trinajstić information content (AvgIpc) is 2.40. The van der Waals surface area contributed by atoms with Gasteiger partial charge in [-0.05, 0) is 50.1 Å². The van der Waals surface area contributed by atoms with E-state index in [1.807, 2.05) is 13.1 Å². The summed E-state index contributed by atoms with van der Waals surface area (Å²) in [6.45, 7) is 5.89. The van der Waals surface area contributed by atoms with Crippen molar-refractivity contribution in [2.75, 3.05) is 33.9 Å². The van der Waals surface area contributed by atoms with Gasteiger partial charge in [0, 0.05) is 19.1 Å². The molecule has 0 spiro atoms. The molecule has 108 valence electrons. The summed E-state index contributed by atoms with van der Waals surface area (Å²) in [5.74, 6) is 0.942. The lowest BCUT2D eigenvalue weighted by Crippen LogP contribution is -2.38. The minimum atomic E-state index is -0.163. The SMILES string of the molecule is COc1ccc(CCN(C)CC(N)CO)c(C)c1C. The van der Waals surface area contributed by atoms with E-state index in [2.05, 4.69) is 24.8 Å². The van der Waals surface area contributed by atoms with Crippen molar-refractivity contribution >= 4 is 0 Å². The van der Waals surface area contributed by atoms with Crippen LogP contribution in [0.15, 0.2) is 12.1 Å². The first kappa shape index (κ1) is 16.0. The van der Waals surface area contributed by atoms with E-state index in [0.29, 0.717) is 6.54 Å². The zero-order valence-electron chi connectivity index (χ0n) is 12.4. The zero-order valence-corrected chi connectivity index (χ0v) is 12.4. The van der Waals surface area contributed by atoms with E-state index in [1.165, 1.54) is 16.7 Å². The van der Waals surface area contributed by atoms with Crippen molar-refractivity contribution in [2.24, 2.45) is 5.73 Å². The van der Waals surface area contributed by atoms with Crippen molar-refractivity contribution in [1.29, 1.82) is 0 Å². The maximum Gasteiger partial charge on any atom is 0.122 e. The highest BCUT2D eigenvalue weighted by Crippen LogP contribution is 2.24. The summed E-state index contributed by atoms with van der Waals surface area (Å²) < 4.78 is 5.32. The fourth-order valence-electron chi connectivity index (χ4n) is 2.20. The predicted octanol–water partition coefficient (Wildman–Crippen LogP) is 1.11. The topological polar surface area (TPSA) is 58.7 Å². The number of rotatable bonds is 7. The minimum Gasteiger partial charge on any atom is -0.496 e. The van der Waals surface area contributed by atoms with E-state index in [-0.39, 0.29) is 12.6 Å². The van der Waals surface area contributed by atoms with E-state index in [4.69, 9.17) is 15.6 Å². The first-order valence-electron chi connectivity index (χ1n) is 6.67. The molecule has 0 amide bonds. The van der Waals surface area contributed by atoms with E-state index < -0.39 is 0 Å². The largest absolute Gasteiger partial charge is 0.496 e. The van der Waals surface area contributed by atoms with Crippen LogP contribution < -0.4 is 10.5 Å². The van der Waals surface area contributed by atoms with E-state index >= 15 is 0 Å². The molecule has 1 atom stereocenters. The summed E-state index contributed by atoms with van der Waals surface area (Å²) in [5, 5.41) is 8.94. The molecule has 0 aliphatic rings. The van der Waals surface area contributed by atoms with Crippen molar-refractivity contribution in [3.05, 3.63) is 28.8 Å². The highest BCUT2D eigenvalue weighted by Gasteiger charge is 2.09. The van der Waals surface area contributed by atoms with Gasteiger partial charge in [-0.1, -0.05) is 6.07 Å². The third kappa shape index (κ3) is 4.49. The molecule has 3 N–H and O–H groups in total. The molecule has 1 aromatic carbocycles. The second kappa shape index (κ2) is 7.48. The number of likely N-dealkylation sites (N-methyl/N-ethyl adjacent to an activating group) is 1. The van der Waals surface area contributed by atoms with Crippen LogP contribution in [0, 0.1) is 13.8 Å². The Hall–Kier alpha value is -1.10. The molecular formula is C15H26N2O2. The van der Waals surface area contributed by atoms with Gasteiger partial charge < -0.3 is 20.5 Å². The Morgan fingerprint density at radius 2 is 2.00 bits per heavy atom. The Bertz CT molecular complexity index is 407. The number of aliphatic hydroxyl groups excluding tert-OH is 1. The van der Waals surface area contributed by atoms with Gasteiger partial charge in [0.2, 0.25) is 0 Å². The Morgan fingerprint density at radius 1 is 1.32 bits per heavy atom. The maximum absolute atomic E-state index is 8.94. The molecule has 0 saturated heterocycles. The molecular weight excluding hydrogens is 240 g/mol. The zero-order chi connectivity index (χ0) is 14.4. The smallest absolute Gasteiger partial charge is 0.122 e. The molecule has 4 nitrogen and oxygen atoms in total. The molecule has 0 saturated carbocycles. The van der Waals surface area contributed by atoms with Gasteiger partial charge in [-0.2, -0.15) is 0 Å². The lowest BCUT2D eigenvalue weighted by atomic mass is 10.00. The molecule has 1 rings (SSSR count). The highest BCUT2D eigenvalue weighted by atomic mass is 16.5. The quantitative estimate of drug-likeness (QED) is 0.776. The first-order valence-corrected chi connectivity index (χ1v) is 6.67.